The molecule has 23 heavy (non-hydrogen) atoms. The fourth-order valence-corrected chi connectivity index (χ4v) is 3.25. The van der Waals surface area contributed by atoms with Crippen LogP contribution < -0.4 is 15.8 Å². The number of ether oxygens (including phenoxy) is 1. The van der Waals surface area contributed by atoms with Crippen LogP contribution in [0.15, 0.2) is 36.9 Å². The van der Waals surface area contributed by atoms with Crippen molar-refractivity contribution in [1.82, 2.24) is 0 Å². The van der Waals surface area contributed by atoms with Gasteiger partial charge in [0.1, 0.15) is 22.4 Å². The van der Waals surface area contributed by atoms with Crippen molar-refractivity contribution in [3.8, 4) is 11.8 Å². The number of nitrogens with one attached hydrogen (secondary N) is 1. The highest BCUT2D eigenvalue weighted by atomic mass is 32.1. The molecule has 0 saturated heterocycles. The second-order valence-corrected chi connectivity index (χ2v) is 6.14. The number of nitrogen functional groups attached to an aromatic ring is 1. The molecule has 2 rings (SSSR count). The molecule has 0 bridgehead atoms. The van der Waals surface area contributed by atoms with Gasteiger partial charge in [0.15, 0.2) is 0 Å². The number of aliphatic hydroxyl groups is 1. The zero-order chi connectivity index (χ0) is 17.0. The number of nitriles is 1. The molecule has 2 unspecified atom stereocenters. The van der Waals surface area contributed by atoms with Crippen LogP contribution >= 0.6 is 11.3 Å². The third kappa shape index (κ3) is 3.47. The van der Waals surface area contributed by atoms with E-state index in [9.17, 15) is 10.4 Å². The van der Waals surface area contributed by atoms with Crippen LogP contribution in [0, 0.1) is 17.2 Å². The van der Waals surface area contributed by atoms with E-state index in [1.807, 2.05) is 31.2 Å². The zero-order valence-corrected chi connectivity index (χ0v) is 13.9. The lowest BCUT2D eigenvalue weighted by molar-refractivity contribution is 0.144. The minimum absolute atomic E-state index is 0.156. The molecular formula is C17H19N3O2S. The number of methoxy groups -OCH3 is 1. The first-order valence-corrected chi connectivity index (χ1v) is 7.87. The Balaban J connectivity index is 2.34. The summed E-state index contributed by atoms with van der Waals surface area (Å²) in [5.74, 6) is 0.592. The Hall–Kier alpha value is -2.49. The van der Waals surface area contributed by atoms with Crippen LogP contribution in [-0.2, 0) is 0 Å². The monoisotopic (exact) mass is 329 g/mol. The summed E-state index contributed by atoms with van der Waals surface area (Å²) >= 11 is 1.28. The number of hydrogen-bond acceptors (Lipinski definition) is 6. The van der Waals surface area contributed by atoms with Crippen LogP contribution in [0.25, 0.3) is 0 Å². The standard InChI is InChI=1S/C17H19N3O2S/c1-4-10(2)15(21)16-14(19)13(9-18)17(23-16)20-11-5-7-12(22-3)8-6-11/h4-8,10,15,20-21H,1,19H2,2-3H3. The molecule has 1 aromatic heterocycles. The maximum Gasteiger partial charge on any atom is 0.119 e. The number of aliphatic hydroxyl groups excluding tert-OH is 1. The molecule has 0 aliphatic carbocycles. The van der Waals surface area contributed by atoms with E-state index >= 15 is 0 Å². The van der Waals surface area contributed by atoms with Gasteiger partial charge in [0.2, 0.25) is 0 Å². The van der Waals surface area contributed by atoms with Gasteiger partial charge in [-0.05, 0) is 24.3 Å². The summed E-state index contributed by atoms with van der Waals surface area (Å²) in [6.45, 7) is 5.53. The number of nitrogens with two attached hydrogens (primary N) is 1. The maximum atomic E-state index is 10.3. The van der Waals surface area contributed by atoms with Crippen LogP contribution in [0.1, 0.15) is 23.5 Å². The largest absolute Gasteiger partial charge is 0.497 e. The number of thiophene rings is 1. The van der Waals surface area contributed by atoms with Crippen LogP contribution in [-0.4, -0.2) is 12.2 Å². The van der Waals surface area contributed by atoms with Crippen molar-refractivity contribution < 1.29 is 9.84 Å². The predicted octanol–water partition coefficient (Wildman–Crippen LogP) is 3.81. The molecule has 1 aromatic carbocycles. The van der Waals surface area contributed by atoms with E-state index in [2.05, 4.69) is 18.0 Å². The summed E-state index contributed by atoms with van der Waals surface area (Å²) in [5, 5.41) is 23.5. The highest BCUT2D eigenvalue weighted by molar-refractivity contribution is 7.17. The molecule has 0 spiro atoms. The number of hydrogen-bond donors (Lipinski definition) is 3. The van der Waals surface area contributed by atoms with Gasteiger partial charge in [-0.15, -0.1) is 17.9 Å². The topological polar surface area (TPSA) is 91.3 Å². The van der Waals surface area contributed by atoms with Gasteiger partial charge < -0.3 is 20.9 Å². The van der Waals surface area contributed by atoms with Gasteiger partial charge in [0, 0.05) is 11.6 Å². The third-order valence-corrected chi connectivity index (χ3v) is 4.76. The van der Waals surface area contributed by atoms with Crippen LogP contribution in [0.3, 0.4) is 0 Å². The number of rotatable bonds is 6. The summed E-state index contributed by atoms with van der Waals surface area (Å²) in [7, 11) is 1.60. The van der Waals surface area contributed by atoms with Gasteiger partial charge in [-0.1, -0.05) is 13.0 Å². The SMILES string of the molecule is C=CC(C)C(O)c1sc(Nc2ccc(OC)cc2)c(C#N)c1N. The lowest BCUT2D eigenvalue weighted by atomic mass is 10.0. The van der Waals surface area contributed by atoms with E-state index in [1.165, 1.54) is 11.3 Å². The number of anilines is 3. The van der Waals surface area contributed by atoms with Gasteiger partial charge in [-0.2, -0.15) is 5.26 Å². The predicted molar refractivity (Wildman–Crippen MR) is 94.0 cm³/mol. The third-order valence-electron chi connectivity index (χ3n) is 3.57. The van der Waals surface area contributed by atoms with Gasteiger partial charge in [-0.3, -0.25) is 0 Å². The molecule has 6 heteroatoms. The van der Waals surface area contributed by atoms with Crippen molar-refractivity contribution in [3.05, 3.63) is 47.4 Å². The summed E-state index contributed by atoms with van der Waals surface area (Å²) < 4.78 is 5.12. The molecular weight excluding hydrogens is 310 g/mol. The van der Waals surface area contributed by atoms with Crippen molar-refractivity contribution in [2.45, 2.75) is 13.0 Å². The molecule has 120 valence electrons. The van der Waals surface area contributed by atoms with Gasteiger partial charge in [0.05, 0.1) is 23.8 Å². The normalized spacial score (nSPS) is 13.0. The molecule has 0 amide bonds. The van der Waals surface area contributed by atoms with Crippen molar-refractivity contribution in [2.24, 2.45) is 5.92 Å². The van der Waals surface area contributed by atoms with E-state index in [1.54, 1.807) is 13.2 Å². The smallest absolute Gasteiger partial charge is 0.119 e. The molecule has 0 saturated carbocycles. The van der Waals surface area contributed by atoms with Crippen molar-refractivity contribution >= 4 is 27.7 Å². The highest BCUT2D eigenvalue weighted by Crippen LogP contribution is 2.42. The molecule has 0 fully saturated rings. The zero-order valence-electron chi connectivity index (χ0n) is 13.0. The number of nitrogens with zero attached hydrogens (tertiary/aromatic N) is 1. The molecule has 0 radical (unpaired) electrons. The lowest BCUT2D eigenvalue weighted by Gasteiger charge is -2.14. The van der Waals surface area contributed by atoms with Gasteiger partial charge in [-0.25, -0.2) is 0 Å². The van der Waals surface area contributed by atoms with Crippen molar-refractivity contribution in [1.29, 1.82) is 5.26 Å². The Labute approximate surface area is 139 Å². The second-order valence-electron chi connectivity index (χ2n) is 5.09. The Morgan fingerprint density at radius 2 is 2.09 bits per heavy atom. The van der Waals surface area contributed by atoms with E-state index in [4.69, 9.17) is 10.5 Å². The summed E-state index contributed by atoms with van der Waals surface area (Å²) in [5.41, 5.74) is 7.51. The van der Waals surface area contributed by atoms with Gasteiger partial charge in [0.25, 0.3) is 0 Å². The first-order valence-electron chi connectivity index (χ1n) is 7.05. The fourth-order valence-electron chi connectivity index (χ4n) is 2.05. The molecule has 5 nitrogen and oxygen atoms in total. The Morgan fingerprint density at radius 3 is 2.61 bits per heavy atom. The molecule has 1 heterocycles. The average Bonchev–Trinajstić information content (AvgIpc) is 2.89. The van der Waals surface area contributed by atoms with E-state index in [-0.39, 0.29) is 5.92 Å². The van der Waals surface area contributed by atoms with Crippen LogP contribution in [0.5, 0.6) is 5.75 Å². The highest BCUT2D eigenvalue weighted by Gasteiger charge is 2.24. The molecule has 0 aliphatic rings. The molecule has 4 N–H and O–H groups in total. The van der Waals surface area contributed by atoms with E-state index < -0.39 is 6.10 Å². The first kappa shape index (κ1) is 16.9. The maximum absolute atomic E-state index is 10.3. The fraction of sp³-hybridized carbons (Fsp3) is 0.235. The molecule has 0 aliphatic heterocycles. The summed E-state index contributed by atoms with van der Waals surface area (Å²) in [6, 6.07) is 9.43. The Kier molecular flexibility index (Phi) is 5.27. The Morgan fingerprint density at radius 1 is 1.43 bits per heavy atom. The second kappa shape index (κ2) is 7.18. The lowest BCUT2D eigenvalue weighted by Crippen LogP contribution is -2.06. The summed E-state index contributed by atoms with van der Waals surface area (Å²) in [6.07, 6.45) is 0.878. The van der Waals surface area contributed by atoms with Gasteiger partial charge >= 0.3 is 0 Å². The van der Waals surface area contributed by atoms with E-state index in [0.29, 0.717) is 21.1 Å². The van der Waals surface area contributed by atoms with E-state index in [0.717, 1.165) is 11.4 Å². The first-order chi connectivity index (χ1) is 11.0. The van der Waals surface area contributed by atoms with Crippen molar-refractivity contribution in [2.75, 3.05) is 18.2 Å². The molecule has 2 aromatic rings. The van der Waals surface area contributed by atoms with Crippen LogP contribution in [0.2, 0.25) is 0 Å². The average molecular weight is 329 g/mol. The quantitative estimate of drug-likeness (QED) is 0.701. The number of benzene rings is 1. The van der Waals surface area contributed by atoms with Crippen molar-refractivity contribution in [3.63, 3.8) is 0 Å². The minimum atomic E-state index is -0.781. The Bertz CT molecular complexity index is 732. The summed E-state index contributed by atoms with van der Waals surface area (Å²) in [4.78, 5) is 0.574. The molecule has 2 atom stereocenters. The minimum Gasteiger partial charge on any atom is -0.497 e. The van der Waals surface area contributed by atoms with Crippen LogP contribution in [0.4, 0.5) is 16.4 Å².